The van der Waals surface area contributed by atoms with Crippen LogP contribution in [0.5, 0.6) is 0 Å². The lowest BCUT2D eigenvalue weighted by Crippen LogP contribution is -2.37. The topological polar surface area (TPSA) is 160 Å². The van der Waals surface area contributed by atoms with E-state index in [0.29, 0.717) is 37.3 Å². The highest BCUT2D eigenvalue weighted by atomic mass is 32.2. The van der Waals surface area contributed by atoms with Crippen LogP contribution in [0.1, 0.15) is 75.1 Å². The van der Waals surface area contributed by atoms with E-state index in [1.54, 1.807) is 36.4 Å². The van der Waals surface area contributed by atoms with Gasteiger partial charge in [-0.15, -0.1) is 0 Å². The molecule has 1 aliphatic carbocycles. The van der Waals surface area contributed by atoms with E-state index in [9.17, 15) is 27.6 Å². The summed E-state index contributed by atoms with van der Waals surface area (Å²) < 4.78 is 32.3. The standard InChI is InChI=1S/C47H54N4O7S/c1-31-13-22-40(59(56,57)24-23-32-9-6-5-7-10-32)28-41(31)37-12-8-11-34(25-37)26-38(45(54)50-39-20-18-36(19-21-39)44-48-30-43(53)51-44)27-42(52)35-16-14-33(15-17-35)29-49-46(55)58-47(2,3)4/h5-13,18-22,25,28,33,35,38H,14-17,23-24,26-27,29-30H2,1-4H3,(H,49,55)(H,50,54)(H,48,51,53)/t33?,35?,38-/m1/s1. The molecule has 0 aromatic heterocycles. The number of sulfone groups is 1. The fraction of sp³-hybridized carbons (Fsp3) is 0.383. The van der Waals surface area contributed by atoms with Crippen LogP contribution in [0.2, 0.25) is 0 Å². The van der Waals surface area contributed by atoms with Gasteiger partial charge in [-0.1, -0.05) is 60.7 Å². The Morgan fingerprint density at radius 3 is 2.25 bits per heavy atom. The average molecular weight is 819 g/mol. The van der Waals surface area contributed by atoms with Gasteiger partial charge in [0.05, 0.1) is 10.6 Å². The molecule has 2 aliphatic rings. The Labute approximate surface area is 347 Å². The third kappa shape index (κ3) is 12.2. The third-order valence-electron chi connectivity index (χ3n) is 10.9. The van der Waals surface area contributed by atoms with Crippen LogP contribution in [-0.4, -0.2) is 62.4 Å². The number of alkyl carbamates (subject to hydrolysis) is 1. The normalized spacial score (nSPS) is 17.4. The number of aryl methyl sites for hydroxylation is 2. The van der Waals surface area contributed by atoms with Crippen LogP contribution < -0.4 is 16.0 Å². The molecule has 3 N–H and O–H groups in total. The molecule has 310 valence electrons. The summed E-state index contributed by atoms with van der Waals surface area (Å²) in [6.45, 7) is 7.97. The number of benzene rings is 4. The Bertz CT molecular complexity index is 2290. The lowest BCUT2D eigenvalue weighted by atomic mass is 9.77. The van der Waals surface area contributed by atoms with Gasteiger partial charge in [0.25, 0.3) is 0 Å². The van der Waals surface area contributed by atoms with Crippen LogP contribution >= 0.6 is 0 Å². The summed E-state index contributed by atoms with van der Waals surface area (Å²) in [4.78, 5) is 56.4. The van der Waals surface area contributed by atoms with Crippen molar-refractivity contribution in [2.75, 3.05) is 24.2 Å². The first-order valence-corrected chi connectivity index (χ1v) is 22.0. The minimum absolute atomic E-state index is 0.0109. The van der Waals surface area contributed by atoms with E-state index < -0.39 is 27.4 Å². The summed E-state index contributed by atoms with van der Waals surface area (Å²) in [5.74, 6) is -0.596. The third-order valence-corrected chi connectivity index (χ3v) is 12.6. The number of hydrogen-bond acceptors (Lipinski definition) is 8. The molecule has 11 nitrogen and oxygen atoms in total. The number of Topliss-reactive ketones (excluding diaryl/α,β-unsaturated/α-hetero) is 1. The number of hydrogen-bond donors (Lipinski definition) is 3. The molecule has 0 saturated heterocycles. The van der Waals surface area contributed by atoms with Crippen molar-refractivity contribution in [1.82, 2.24) is 10.6 Å². The van der Waals surface area contributed by atoms with Gasteiger partial charge in [0.2, 0.25) is 11.8 Å². The first-order valence-electron chi connectivity index (χ1n) is 20.3. The SMILES string of the molecule is Cc1ccc(S(=O)(=O)CCc2ccccc2)cc1-c1cccc(C[C@H](CC(=O)C2CCC(CNC(=O)OC(C)(C)C)CC2)C(=O)Nc2ccc(C3=NCC(=O)N3)cc2)c1. The Morgan fingerprint density at radius 2 is 1.58 bits per heavy atom. The Hall–Kier alpha value is -5.62. The molecule has 3 amide bonds. The van der Waals surface area contributed by atoms with E-state index >= 15 is 0 Å². The highest BCUT2D eigenvalue weighted by Crippen LogP contribution is 2.33. The Balaban J connectivity index is 1.17. The molecule has 6 rings (SSSR count). The number of rotatable bonds is 15. The lowest BCUT2D eigenvalue weighted by Gasteiger charge is -2.29. The van der Waals surface area contributed by atoms with Crippen molar-refractivity contribution >= 4 is 45.1 Å². The molecule has 0 bridgehead atoms. The van der Waals surface area contributed by atoms with Gasteiger partial charge >= 0.3 is 6.09 Å². The Kier molecular flexibility index (Phi) is 13.8. The second kappa shape index (κ2) is 19.0. The fourth-order valence-corrected chi connectivity index (χ4v) is 8.96. The predicted molar refractivity (Wildman–Crippen MR) is 230 cm³/mol. The quantitative estimate of drug-likeness (QED) is 0.111. The van der Waals surface area contributed by atoms with Gasteiger partial charge < -0.3 is 20.7 Å². The second-order valence-corrected chi connectivity index (χ2v) is 18.8. The van der Waals surface area contributed by atoms with Crippen LogP contribution in [0.4, 0.5) is 10.5 Å². The largest absolute Gasteiger partial charge is 0.444 e. The number of nitrogens with zero attached hydrogens (tertiary/aromatic N) is 1. The first-order chi connectivity index (χ1) is 28.1. The molecule has 0 spiro atoms. The smallest absolute Gasteiger partial charge is 0.407 e. The summed E-state index contributed by atoms with van der Waals surface area (Å²) in [7, 11) is -3.57. The maximum absolute atomic E-state index is 14.1. The molecule has 59 heavy (non-hydrogen) atoms. The van der Waals surface area contributed by atoms with Crippen molar-refractivity contribution in [2.24, 2.45) is 22.7 Å². The van der Waals surface area contributed by atoms with Gasteiger partial charge in [-0.25, -0.2) is 13.2 Å². The van der Waals surface area contributed by atoms with Gasteiger partial charge in [0.1, 0.15) is 23.8 Å². The minimum Gasteiger partial charge on any atom is -0.444 e. The molecular formula is C47H54N4O7S. The number of amidine groups is 1. The van der Waals surface area contributed by atoms with E-state index in [-0.39, 0.29) is 59.5 Å². The molecule has 12 heteroatoms. The molecule has 1 atom stereocenters. The number of carbonyl (C=O) groups is 4. The lowest BCUT2D eigenvalue weighted by molar-refractivity contribution is -0.129. The maximum atomic E-state index is 14.1. The van der Waals surface area contributed by atoms with Crippen LogP contribution in [0.15, 0.2) is 107 Å². The zero-order valence-corrected chi connectivity index (χ0v) is 35.1. The fourth-order valence-electron chi connectivity index (χ4n) is 7.65. The van der Waals surface area contributed by atoms with Crippen molar-refractivity contribution < 1.29 is 32.3 Å². The molecule has 1 heterocycles. The predicted octanol–water partition coefficient (Wildman–Crippen LogP) is 7.64. The van der Waals surface area contributed by atoms with Gasteiger partial charge in [-0.05, 0) is 136 Å². The number of amides is 3. The van der Waals surface area contributed by atoms with Gasteiger partial charge in [0.15, 0.2) is 9.84 Å². The van der Waals surface area contributed by atoms with Crippen LogP contribution in [0, 0.1) is 24.7 Å². The summed E-state index contributed by atoms with van der Waals surface area (Å²) in [6, 6.07) is 29.5. The molecule has 4 aromatic rings. The summed E-state index contributed by atoms with van der Waals surface area (Å²) >= 11 is 0. The van der Waals surface area contributed by atoms with E-state index in [1.165, 1.54) is 0 Å². The minimum atomic E-state index is -3.57. The van der Waals surface area contributed by atoms with E-state index in [2.05, 4.69) is 20.9 Å². The van der Waals surface area contributed by atoms with Gasteiger partial charge in [-0.3, -0.25) is 19.4 Å². The number of ketones is 1. The second-order valence-electron chi connectivity index (χ2n) is 16.7. The van der Waals surface area contributed by atoms with Crippen LogP contribution in [0.25, 0.3) is 11.1 Å². The van der Waals surface area contributed by atoms with E-state index in [0.717, 1.165) is 46.2 Å². The highest BCUT2D eigenvalue weighted by molar-refractivity contribution is 7.91. The van der Waals surface area contributed by atoms with Crippen molar-refractivity contribution in [2.45, 2.75) is 83.1 Å². The van der Waals surface area contributed by atoms with Crippen molar-refractivity contribution in [3.05, 3.63) is 119 Å². The zero-order valence-electron chi connectivity index (χ0n) is 34.3. The average Bonchev–Trinajstić information content (AvgIpc) is 3.65. The summed E-state index contributed by atoms with van der Waals surface area (Å²) in [5.41, 5.74) is 5.01. The monoisotopic (exact) mass is 818 g/mol. The summed E-state index contributed by atoms with van der Waals surface area (Å²) in [6.07, 6.45) is 3.21. The molecule has 1 aliphatic heterocycles. The van der Waals surface area contributed by atoms with Crippen molar-refractivity contribution in [3.63, 3.8) is 0 Å². The van der Waals surface area contributed by atoms with Crippen LogP contribution in [0.3, 0.4) is 0 Å². The van der Waals surface area contributed by atoms with Crippen molar-refractivity contribution in [3.8, 4) is 11.1 Å². The molecule has 1 saturated carbocycles. The molecule has 4 aromatic carbocycles. The molecule has 0 radical (unpaired) electrons. The van der Waals surface area contributed by atoms with Crippen molar-refractivity contribution in [1.29, 1.82) is 0 Å². The zero-order chi connectivity index (χ0) is 42.2. The molecular weight excluding hydrogens is 765 g/mol. The number of ether oxygens (including phenoxy) is 1. The number of carbonyl (C=O) groups excluding carboxylic acids is 4. The van der Waals surface area contributed by atoms with Gasteiger partial charge in [-0.2, -0.15) is 0 Å². The number of aliphatic imine (C=N–C) groups is 1. The Morgan fingerprint density at radius 1 is 0.864 bits per heavy atom. The summed E-state index contributed by atoms with van der Waals surface area (Å²) in [5, 5.41) is 8.60. The van der Waals surface area contributed by atoms with E-state index in [4.69, 9.17) is 4.74 Å². The molecule has 1 fully saturated rings. The maximum Gasteiger partial charge on any atom is 0.407 e. The van der Waals surface area contributed by atoms with Gasteiger partial charge in [0, 0.05) is 36.1 Å². The number of anilines is 1. The van der Waals surface area contributed by atoms with Crippen LogP contribution in [-0.2, 0) is 41.8 Å². The highest BCUT2D eigenvalue weighted by Gasteiger charge is 2.31. The first kappa shape index (κ1) is 43.0. The molecule has 0 unspecified atom stereocenters. The van der Waals surface area contributed by atoms with E-state index in [1.807, 2.05) is 88.4 Å². The number of nitrogens with one attached hydrogen (secondary N) is 3.